The van der Waals surface area contributed by atoms with Crippen molar-refractivity contribution in [3.05, 3.63) is 52.3 Å². The molecular formula is C12H12FN3O3. The molecule has 19 heavy (non-hydrogen) atoms. The first-order valence-corrected chi connectivity index (χ1v) is 5.62. The summed E-state index contributed by atoms with van der Waals surface area (Å²) in [4.78, 5) is 14.2. The van der Waals surface area contributed by atoms with Crippen LogP contribution in [-0.4, -0.2) is 21.1 Å². The molecule has 6 nitrogen and oxygen atoms in total. The first-order chi connectivity index (χ1) is 9.08. The van der Waals surface area contributed by atoms with E-state index in [0.29, 0.717) is 6.54 Å². The number of rotatable bonds is 5. The molecule has 0 atom stereocenters. The number of imidazole rings is 1. The van der Waals surface area contributed by atoms with Gasteiger partial charge in [-0.25, -0.2) is 9.37 Å². The summed E-state index contributed by atoms with van der Waals surface area (Å²) in [6.45, 7) is 2.52. The van der Waals surface area contributed by atoms with E-state index in [1.165, 1.54) is 0 Å². The van der Waals surface area contributed by atoms with E-state index >= 15 is 0 Å². The molecule has 100 valence electrons. The molecule has 0 bridgehead atoms. The van der Waals surface area contributed by atoms with E-state index in [0.717, 1.165) is 24.0 Å². The minimum absolute atomic E-state index is 0.0669. The molecule has 1 aromatic carbocycles. The molecule has 0 amide bonds. The third-order valence-corrected chi connectivity index (χ3v) is 2.63. The number of nitro benzene ring substituents is 1. The lowest BCUT2D eigenvalue weighted by Crippen LogP contribution is -2.09. The van der Waals surface area contributed by atoms with Crippen molar-refractivity contribution in [1.29, 1.82) is 0 Å². The van der Waals surface area contributed by atoms with Crippen molar-refractivity contribution >= 4 is 5.69 Å². The van der Waals surface area contributed by atoms with Gasteiger partial charge < -0.3 is 9.30 Å². The molecule has 2 rings (SSSR count). The Kier molecular flexibility index (Phi) is 3.74. The lowest BCUT2D eigenvalue weighted by Gasteiger charge is -2.08. The van der Waals surface area contributed by atoms with Crippen LogP contribution in [0, 0.1) is 22.9 Å². The Bertz CT molecular complexity index is 598. The van der Waals surface area contributed by atoms with Crippen LogP contribution in [0.3, 0.4) is 0 Å². The lowest BCUT2D eigenvalue weighted by atomic mass is 10.3. The monoisotopic (exact) mass is 265 g/mol. The molecule has 0 aliphatic rings. The summed E-state index contributed by atoms with van der Waals surface area (Å²) < 4.78 is 20.2. The fourth-order valence-corrected chi connectivity index (χ4v) is 1.65. The van der Waals surface area contributed by atoms with Gasteiger partial charge in [0.05, 0.1) is 11.5 Å². The quantitative estimate of drug-likeness (QED) is 0.614. The highest BCUT2D eigenvalue weighted by Crippen LogP contribution is 2.27. The lowest BCUT2D eigenvalue weighted by molar-refractivity contribution is -0.385. The molecule has 0 aliphatic carbocycles. The minimum atomic E-state index is -0.600. The number of benzene rings is 1. The van der Waals surface area contributed by atoms with Gasteiger partial charge in [0.1, 0.15) is 18.2 Å². The van der Waals surface area contributed by atoms with E-state index in [4.69, 9.17) is 4.74 Å². The Labute approximate surface area is 108 Å². The van der Waals surface area contributed by atoms with Gasteiger partial charge >= 0.3 is 5.69 Å². The number of nitrogens with zero attached hydrogens (tertiary/aromatic N) is 3. The van der Waals surface area contributed by atoms with Crippen LogP contribution in [0.5, 0.6) is 5.75 Å². The van der Waals surface area contributed by atoms with Gasteiger partial charge in [-0.3, -0.25) is 10.1 Å². The van der Waals surface area contributed by atoms with E-state index in [1.807, 2.05) is 11.5 Å². The van der Waals surface area contributed by atoms with E-state index in [2.05, 4.69) is 4.98 Å². The van der Waals surface area contributed by atoms with Gasteiger partial charge in [-0.2, -0.15) is 0 Å². The maximum Gasteiger partial charge on any atom is 0.311 e. The molecule has 0 fully saturated rings. The van der Waals surface area contributed by atoms with Crippen molar-refractivity contribution in [2.45, 2.75) is 13.5 Å². The van der Waals surface area contributed by atoms with Crippen molar-refractivity contribution in [2.24, 2.45) is 0 Å². The van der Waals surface area contributed by atoms with Crippen LogP contribution < -0.4 is 4.74 Å². The molecule has 1 heterocycles. The van der Waals surface area contributed by atoms with Gasteiger partial charge in [-0.1, -0.05) is 0 Å². The predicted molar refractivity (Wildman–Crippen MR) is 65.5 cm³/mol. The van der Waals surface area contributed by atoms with Crippen molar-refractivity contribution in [3.8, 4) is 5.75 Å². The summed E-state index contributed by atoms with van der Waals surface area (Å²) in [7, 11) is 0. The number of halogens is 1. The second-order valence-electron chi connectivity index (χ2n) is 3.89. The van der Waals surface area contributed by atoms with Gasteiger partial charge in [0.25, 0.3) is 0 Å². The number of nitro groups is 1. The zero-order valence-corrected chi connectivity index (χ0v) is 10.2. The third kappa shape index (κ3) is 3.06. The topological polar surface area (TPSA) is 70.2 Å². The highest BCUT2D eigenvalue weighted by molar-refractivity contribution is 5.46. The summed E-state index contributed by atoms with van der Waals surface area (Å²) in [5, 5.41) is 10.8. The summed E-state index contributed by atoms with van der Waals surface area (Å²) in [6.07, 6.45) is 3.43. The largest absolute Gasteiger partial charge is 0.485 e. The molecule has 0 saturated carbocycles. The number of hydrogen-bond donors (Lipinski definition) is 0. The van der Waals surface area contributed by atoms with Gasteiger partial charge in [-0.05, 0) is 13.0 Å². The summed E-state index contributed by atoms with van der Waals surface area (Å²) in [5.74, 6) is 0.180. The molecule has 0 N–H and O–H groups in total. The van der Waals surface area contributed by atoms with Crippen LogP contribution in [-0.2, 0) is 6.54 Å². The Balaban J connectivity index is 2.05. The van der Waals surface area contributed by atoms with Crippen LogP contribution in [0.15, 0.2) is 30.6 Å². The van der Waals surface area contributed by atoms with Crippen molar-refractivity contribution < 1.29 is 14.1 Å². The smallest absolute Gasteiger partial charge is 0.311 e. The highest BCUT2D eigenvalue weighted by Gasteiger charge is 2.15. The fourth-order valence-electron chi connectivity index (χ4n) is 1.65. The Morgan fingerprint density at radius 2 is 2.32 bits per heavy atom. The standard InChI is InChI=1S/C12H12FN3O3/c1-9-14-4-5-15(9)6-7-19-12-8-10(13)2-3-11(12)16(17)18/h2-5,8H,6-7H2,1H3. The molecule has 2 aromatic rings. The van der Waals surface area contributed by atoms with Crippen LogP contribution in [0.1, 0.15) is 5.82 Å². The van der Waals surface area contributed by atoms with Crippen LogP contribution in [0.25, 0.3) is 0 Å². The molecule has 1 aromatic heterocycles. The van der Waals surface area contributed by atoms with Crippen LogP contribution in [0.4, 0.5) is 10.1 Å². The first-order valence-electron chi connectivity index (χ1n) is 5.62. The average molecular weight is 265 g/mol. The molecule has 0 unspecified atom stereocenters. The second kappa shape index (κ2) is 5.47. The average Bonchev–Trinajstić information content (AvgIpc) is 2.75. The van der Waals surface area contributed by atoms with Crippen LogP contribution in [0.2, 0.25) is 0 Å². The van der Waals surface area contributed by atoms with Crippen molar-refractivity contribution in [1.82, 2.24) is 9.55 Å². The zero-order valence-electron chi connectivity index (χ0n) is 10.2. The second-order valence-corrected chi connectivity index (χ2v) is 3.89. The normalized spacial score (nSPS) is 10.4. The maximum absolute atomic E-state index is 13.1. The van der Waals surface area contributed by atoms with Gasteiger partial charge in [-0.15, -0.1) is 0 Å². The number of hydrogen-bond acceptors (Lipinski definition) is 4. The number of aryl methyl sites for hydroxylation is 1. The molecule has 0 aliphatic heterocycles. The number of ether oxygens (including phenoxy) is 1. The molecule has 0 saturated heterocycles. The van der Waals surface area contributed by atoms with Crippen LogP contribution >= 0.6 is 0 Å². The minimum Gasteiger partial charge on any atom is -0.485 e. The number of aromatic nitrogens is 2. The third-order valence-electron chi connectivity index (χ3n) is 2.63. The summed E-state index contributed by atoms with van der Waals surface area (Å²) in [6, 6.07) is 3.14. The highest BCUT2D eigenvalue weighted by atomic mass is 19.1. The van der Waals surface area contributed by atoms with E-state index in [1.54, 1.807) is 12.4 Å². The Hall–Kier alpha value is -2.44. The summed E-state index contributed by atoms with van der Waals surface area (Å²) >= 11 is 0. The van der Waals surface area contributed by atoms with Crippen molar-refractivity contribution in [3.63, 3.8) is 0 Å². The molecule has 7 heteroatoms. The van der Waals surface area contributed by atoms with Gasteiger partial charge in [0.15, 0.2) is 5.75 Å². The van der Waals surface area contributed by atoms with E-state index in [-0.39, 0.29) is 18.0 Å². The van der Waals surface area contributed by atoms with Crippen molar-refractivity contribution in [2.75, 3.05) is 6.61 Å². The van der Waals surface area contributed by atoms with Gasteiger partial charge in [0.2, 0.25) is 0 Å². The molecule has 0 radical (unpaired) electrons. The summed E-state index contributed by atoms with van der Waals surface area (Å²) in [5.41, 5.74) is -0.247. The first kappa shape index (κ1) is 13.0. The zero-order chi connectivity index (χ0) is 13.8. The molecular weight excluding hydrogens is 253 g/mol. The fraction of sp³-hybridized carbons (Fsp3) is 0.250. The molecule has 0 spiro atoms. The maximum atomic E-state index is 13.1. The predicted octanol–water partition coefficient (Wildman–Crippen LogP) is 2.32. The van der Waals surface area contributed by atoms with E-state index in [9.17, 15) is 14.5 Å². The van der Waals surface area contributed by atoms with E-state index < -0.39 is 10.7 Å². The SMILES string of the molecule is Cc1nccn1CCOc1cc(F)ccc1[N+](=O)[O-]. The Morgan fingerprint density at radius 1 is 1.53 bits per heavy atom. The Morgan fingerprint density at radius 3 is 2.95 bits per heavy atom. The van der Waals surface area contributed by atoms with Gasteiger partial charge in [0, 0.05) is 24.5 Å².